The topological polar surface area (TPSA) is 25.8 Å². The van der Waals surface area contributed by atoms with Gasteiger partial charge in [0.15, 0.2) is 5.82 Å². The van der Waals surface area contributed by atoms with E-state index in [1.54, 1.807) is 6.92 Å². The number of rotatable bonds is 0. The summed E-state index contributed by atoms with van der Waals surface area (Å²) in [6.45, 7) is 1.58. The van der Waals surface area contributed by atoms with E-state index >= 15 is 0 Å². The van der Waals surface area contributed by atoms with Crippen molar-refractivity contribution < 1.29 is 4.39 Å². The van der Waals surface area contributed by atoms with Crippen LogP contribution in [0.1, 0.15) is 11.5 Å². The largest absolute Gasteiger partial charge is 0.250 e. The molecule has 0 radical (unpaired) electrons. The zero-order valence-corrected chi connectivity index (χ0v) is 10.1. The fourth-order valence-corrected chi connectivity index (χ4v) is 1.08. The van der Waals surface area contributed by atoms with Gasteiger partial charge in [0, 0.05) is 0 Å². The maximum atomic E-state index is 13.0. The van der Waals surface area contributed by atoms with Gasteiger partial charge in [0.2, 0.25) is 9.74 Å². The van der Waals surface area contributed by atoms with Gasteiger partial charge < -0.3 is 0 Å². The lowest BCUT2D eigenvalue weighted by molar-refractivity contribution is 0.560. The van der Waals surface area contributed by atoms with Crippen molar-refractivity contribution in [1.82, 2.24) is 9.97 Å². The molecule has 0 spiro atoms. The standard InChI is InChI=1S/C6H3BrCl3FN2/c1-2-3(7)4(11)13-5(12-2)6(8,9)10/h1H3. The zero-order chi connectivity index (χ0) is 10.2. The molecule has 1 aromatic rings. The molecule has 0 bridgehead atoms. The lowest BCUT2D eigenvalue weighted by atomic mass is 10.4. The molecule has 1 rings (SSSR count). The minimum absolute atomic E-state index is 0.171. The first-order chi connectivity index (χ1) is 5.82. The summed E-state index contributed by atoms with van der Waals surface area (Å²) in [6.07, 6.45) is 0. The summed E-state index contributed by atoms with van der Waals surface area (Å²) < 4.78 is 11.4. The second kappa shape index (κ2) is 3.85. The molecule has 0 unspecified atom stereocenters. The van der Waals surface area contributed by atoms with E-state index in [-0.39, 0.29) is 10.3 Å². The SMILES string of the molecule is Cc1nc(C(Cl)(Cl)Cl)nc(F)c1Br. The van der Waals surface area contributed by atoms with Crippen LogP contribution in [0.4, 0.5) is 4.39 Å². The second-order valence-corrected chi connectivity index (χ2v) is 5.31. The van der Waals surface area contributed by atoms with E-state index in [9.17, 15) is 4.39 Å². The molecule has 7 heteroatoms. The number of aromatic nitrogens is 2. The van der Waals surface area contributed by atoms with Crippen LogP contribution in [0.5, 0.6) is 0 Å². The summed E-state index contributed by atoms with van der Waals surface area (Å²) in [5.74, 6) is -0.912. The van der Waals surface area contributed by atoms with Gasteiger partial charge in [-0.05, 0) is 22.9 Å². The highest BCUT2D eigenvalue weighted by Gasteiger charge is 2.28. The summed E-state index contributed by atoms with van der Waals surface area (Å²) in [4.78, 5) is 7.20. The highest BCUT2D eigenvalue weighted by molar-refractivity contribution is 9.10. The molecule has 0 aliphatic carbocycles. The Kier molecular flexibility index (Phi) is 3.38. The number of alkyl halides is 3. The first kappa shape index (κ1) is 11.4. The highest BCUT2D eigenvalue weighted by Crippen LogP contribution is 2.36. The molecule has 0 aliphatic heterocycles. The van der Waals surface area contributed by atoms with Gasteiger partial charge in [0.25, 0.3) is 0 Å². The Bertz CT molecular complexity index is 316. The second-order valence-electron chi connectivity index (χ2n) is 2.24. The average molecular weight is 308 g/mol. The van der Waals surface area contributed by atoms with Gasteiger partial charge >= 0.3 is 0 Å². The maximum Gasteiger partial charge on any atom is 0.250 e. The Morgan fingerprint density at radius 2 is 1.85 bits per heavy atom. The summed E-state index contributed by atoms with van der Waals surface area (Å²) in [5.41, 5.74) is 0.383. The summed E-state index contributed by atoms with van der Waals surface area (Å²) >= 11 is 19.4. The van der Waals surface area contributed by atoms with Crippen LogP contribution in [0.2, 0.25) is 0 Å². The molecule has 0 aromatic carbocycles. The molecule has 0 fully saturated rings. The zero-order valence-electron chi connectivity index (χ0n) is 6.28. The third-order valence-electron chi connectivity index (χ3n) is 1.23. The normalized spacial score (nSPS) is 11.8. The van der Waals surface area contributed by atoms with Crippen molar-refractivity contribution >= 4 is 50.7 Å². The molecule has 0 saturated carbocycles. The van der Waals surface area contributed by atoms with Crippen molar-refractivity contribution in [3.05, 3.63) is 21.9 Å². The minimum Gasteiger partial charge on any atom is -0.233 e. The van der Waals surface area contributed by atoms with Crippen molar-refractivity contribution in [2.24, 2.45) is 0 Å². The monoisotopic (exact) mass is 306 g/mol. The lowest BCUT2D eigenvalue weighted by Gasteiger charge is -2.10. The van der Waals surface area contributed by atoms with Gasteiger partial charge in [-0.1, -0.05) is 34.8 Å². The first-order valence-electron chi connectivity index (χ1n) is 3.09. The molecular weight excluding hydrogens is 305 g/mol. The van der Waals surface area contributed by atoms with Crippen LogP contribution in [0.3, 0.4) is 0 Å². The number of hydrogen-bond donors (Lipinski definition) is 0. The third-order valence-corrected chi connectivity index (χ3v) is 2.64. The van der Waals surface area contributed by atoms with Crippen LogP contribution in [-0.4, -0.2) is 9.97 Å². The first-order valence-corrected chi connectivity index (χ1v) is 5.02. The Morgan fingerprint density at radius 3 is 2.23 bits per heavy atom. The van der Waals surface area contributed by atoms with E-state index in [0.29, 0.717) is 5.69 Å². The fourth-order valence-electron chi connectivity index (χ4n) is 0.651. The molecular formula is C6H3BrCl3FN2. The van der Waals surface area contributed by atoms with Gasteiger partial charge in [-0.25, -0.2) is 4.98 Å². The minimum atomic E-state index is -1.80. The lowest BCUT2D eigenvalue weighted by Crippen LogP contribution is -2.10. The number of aryl methyl sites for hydroxylation is 1. The Hall–Kier alpha value is 0.360. The molecule has 0 aliphatic rings. The third kappa shape index (κ3) is 2.65. The van der Waals surface area contributed by atoms with Gasteiger partial charge in [-0.15, -0.1) is 0 Å². The van der Waals surface area contributed by atoms with Crippen molar-refractivity contribution in [3.8, 4) is 0 Å². The quantitative estimate of drug-likeness (QED) is 0.541. The summed E-state index contributed by atoms with van der Waals surface area (Å²) in [6, 6.07) is 0. The molecule has 13 heavy (non-hydrogen) atoms. The van der Waals surface area contributed by atoms with Crippen LogP contribution in [0.15, 0.2) is 4.47 Å². The summed E-state index contributed by atoms with van der Waals surface area (Å²) in [7, 11) is 0. The van der Waals surface area contributed by atoms with Crippen molar-refractivity contribution in [2.45, 2.75) is 10.7 Å². The van der Waals surface area contributed by atoms with Gasteiger partial charge in [0.1, 0.15) is 0 Å². The summed E-state index contributed by atoms with van der Waals surface area (Å²) in [5, 5.41) is 0. The average Bonchev–Trinajstić information content (AvgIpc) is 1.97. The van der Waals surface area contributed by atoms with E-state index in [1.807, 2.05) is 0 Å². The fraction of sp³-hybridized carbons (Fsp3) is 0.333. The molecule has 1 aromatic heterocycles. The predicted molar refractivity (Wildman–Crippen MR) is 53.7 cm³/mol. The van der Waals surface area contributed by atoms with Crippen LogP contribution in [-0.2, 0) is 3.79 Å². The Morgan fingerprint density at radius 1 is 1.31 bits per heavy atom. The molecule has 2 nitrogen and oxygen atoms in total. The van der Waals surface area contributed by atoms with Gasteiger partial charge in [-0.3, -0.25) is 0 Å². The highest BCUT2D eigenvalue weighted by atomic mass is 79.9. The molecule has 0 atom stereocenters. The van der Waals surface area contributed by atoms with E-state index in [2.05, 4.69) is 25.9 Å². The predicted octanol–water partition coefficient (Wildman–Crippen LogP) is 3.51. The Labute approximate surface area is 97.5 Å². The van der Waals surface area contributed by atoms with Gasteiger partial charge in [-0.2, -0.15) is 9.37 Å². The number of nitrogens with zero attached hydrogens (tertiary/aromatic N) is 2. The van der Waals surface area contributed by atoms with Crippen LogP contribution in [0, 0.1) is 12.9 Å². The molecule has 0 saturated heterocycles. The van der Waals surface area contributed by atoms with Crippen molar-refractivity contribution in [2.75, 3.05) is 0 Å². The van der Waals surface area contributed by atoms with Crippen molar-refractivity contribution in [1.29, 1.82) is 0 Å². The van der Waals surface area contributed by atoms with E-state index in [1.165, 1.54) is 0 Å². The van der Waals surface area contributed by atoms with Crippen LogP contribution in [0.25, 0.3) is 0 Å². The van der Waals surface area contributed by atoms with E-state index in [4.69, 9.17) is 34.8 Å². The molecule has 0 amide bonds. The van der Waals surface area contributed by atoms with Gasteiger partial charge in [0.05, 0.1) is 10.2 Å². The molecule has 0 N–H and O–H groups in total. The maximum absolute atomic E-state index is 13.0. The Balaban J connectivity index is 3.29. The number of halogens is 5. The number of hydrogen-bond acceptors (Lipinski definition) is 2. The van der Waals surface area contributed by atoms with Crippen LogP contribution >= 0.6 is 50.7 Å². The van der Waals surface area contributed by atoms with E-state index in [0.717, 1.165) is 0 Å². The van der Waals surface area contributed by atoms with Crippen molar-refractivity contribution in [3.63, 3.8) is 0 Å². The van der Waals surface area contributed by atoms with Crippen LogP contribution < -0.4 is 0 Å². The smallest absolute Gasteiger partial charge is 0.233 e. The molecule has 72 valence electrons. The van der Waals surface area contributed by atoms with E-state index < -0.39 is 9.74 Å². The molecule has 1 heterocycles.